The fourth-order valence-electron chi connectivity index (χ4n) is 1.55. The first kappa shape index (κ1) is 13.1. The van der Waals surface area contributed by atoms with Gasteiger partial charge < -0.3 is 15.8 Å². The minimum atomic E-state index is -0.331. The number of rotatable bonds is 5. The highest BCUT2D eigenvalue weighted by Gasteiger charge is 2.19. The second-order valence-electron chi connectivity index (χ2n) is 4.60. The summed E-state index contributed by atoms with van der Waals surface area (Å²) in [4.78, 5) is 16.1. The molecule has 9 heteroatoms. The number of nitrogens with zero attached hydrogens (tertiary/aromatic N) is 6. The summed E-state index contributed by atoms with van der Waals surface area (Å²) in [6.45, 7) is 4.43. The zero-order valence-corrected chi connectivity index (χ0v) is 11.0. The van der Waals surface area contributed by atoms with Gasteiger partial charge in [0.15, 0.2) is 0 Å². The topological polar surface area (TPSA) is 117 Å². The van der Waals surface area contributed by atoms with Crippen molar-refractivity contribution in [2.45, 2.75) is 19.4 Å². The molecule has 0 atom stereocenters. The summed E-state index contributed by atoms with van der Waals surface area (Å²) in [6.07, 6.45) is 2.88. The normalized spacial score (nSPS) is 11.5. The van der Waals surface area contributed by atoms with E-state index in [4.69, 9.17) is 10.5 Å². The summed E-state index contributed by atoms with van der Waals surface area (Å²) in [5.74, 6) is 0.775. The van der Waals surface area contributed by atoms with E-state index in [2.05, 4.69) is 30.4 Å². The minimum absolute atomic E-state index is 0.108. The molecule has 0 aliphatic rings. The Bertz CT molecular complexity index is 538. The lowest BCUT2D eigenvalue weighted by molar-refractivity contribution is 0.158. The van der Waals surface area contributed by atoms with Gasteiger partial charge in [0.05, 0.1) is 12.1 Å². The van der Waals surface area contributed by atoms with Crippen LogP contribution < -0.4 is 11.1 Å². The lowest BCUT2D eigenvalue weighted by atomic mass is 10.1. The smallest absolute Gasteiger partial charge is 0.258 e. The van der Waals surface area contributed by atoms with Crippen LogP contribution >= 0.6 is 0 Å². The summed E-state index contributed by atoms with van der Waals surface area (Å²) in [7, 11) is 1.63. The third-order valence-electron chi connectivity index (χ3n) is 2.22. The highest BCUT2D eigenvalue weighted by atomic mass is 16.5. The van der Waals surface area contributed by atoms with Crippen molar-refractivity contribution in [1.82, 2.24) is 29.7 Å². The van der Waals surface area contributed by atoms with Gasteiger partial charge in [-0.1, -0.05) is 0 Å². The van der Waals surface area contributed by atoms with Crippen molar-refractivity contribution in [3.8, 4) is 5.95 Å². The Labute approximate surface area is 110 Å². The maximum absolute atomic E-state index is 5.66. The monoisotopic (exact) mass is 264 g/mol. The standard InChI is InChI=1S/C10H16N8O/c1-10(2,4-19-3)17-8-14-7(11)15-9(16-8)18-6-12-5-13-18/h5-6H,4H2,1-3H3,(H3,11,14,15,16,17). The molecular formula is C10H16N8O. The number of aromatic nitrogens is 6. The van der Waals surface area contributed by atoms with Crippen LogP contribution in [0.25, 0.3) is 5.95 Å². The molecule has 2 heterocycles. The number of hydrogen-bond donors (Lipinski definition) is 2. The van der Waals surface area contributed by atoms with E-state index in [0.717, 1.165) is 0 Å². The number of ether oxygens (including phenoxy) is 1. The molecule has 0 saturated carbocycles. The summed E-state index contributed by atoms with van der Waals surface area (Å²) in [5, 5.41) is 7.08. The Hall–Kier alpha value is -2.29. The van der Waals surface area contributed by atoms with Crippen LogP contribution in [0.2, 0.25) is 0 Å². The minimum Gasteiger partial charge on any atom is -0.382 e. The summed E-state index contributed by atoms with van der Waals surface area (Å²) < 4.78 is 6.53. The van der Waals surface area contributed by atoms with E-state index in [1.165, 1.54) is 17.3 Å². The number of nitrogens with two attached hydrogens (primary N) is 1. The predicted molar refractivity (Wildman–Crippen MR) is 68.7 cm³/mol. The van der Waals surface area contributed by atoms with Gasteiger partial charge in [-0.25, -0.2) is 4.98 Å². The zero-order chi connectivity index (χ0) is 13.9. The summed E-state index contributed by atoms with van der Waals surface area (Å²) >= 11 is 0. The molecule has 0 unspecified atom stereocenters. The number of nitrogens with one attached hydrogen (secondary N) is 1. The first-order valence-corrected chi connectivity index (χ1v) is 5.64. The molecule has 0 aromatic carbocycles. The van der Waals surface area contributed by atoms with Gasteiger partial charge in [-0.3, -0.25) is 0 Å². The van der Waals surface area contributed by atoms with E-state index in [1.54, 1.807) is 7.11 Å². The van der Waals surface area contributed by atoms with E-state index in [-0.39, 0.29) is 11.5 Å². The van der Waals surface area contributed by atoms with Crippen molar-refractivity contribution in [2.24, 2.45) is 0 Å². The van der Waals surface area contributed by atoms with E-state index in [9.17, 15) is 0 Å². The molecule has 0 fully saturated rings. The Balaban J connectivity index is 2.27. The van der Waals surface area contributed by atoms with Crippen LogP contribution in [-0.2, 0) is 4.74 Å². The average molecular weight is 264 g/mol. The third-order valence-corrected chi connectivity index (χ3v) is 2.22. The van der Waals surface area contributed by atoms with Crippen molar-refractivity contribution >= 4 is 11.9 Å². The summed E-state index contributed by atoms with van der Waals surface area (Å²) in [6, 6.07) is 0. The van der Waals surface area contributed by atoms with Crippen LogP contribution in [0.15, 0.2) is 12.7 Å². The van der Waals surface area contributed by atoms with Crippen LogP contribution in [-0.4, -0.2) is 49.0 Å². The second-order valence-corrected chi connectivity index (χ2v) is 4.60. The number of anilines is 2. The largest absolute Gasteiger partial charge is 0.382 e. The quantitative estimate of drug-likeness (QED) is 0.767. The third kappa shape index (κ3) is 3.35. The molecule has 2 aromatic heterocycles. The Morgan fingerprint density at radius 1 is 1.37 bits per heavy atom. The van der Waals surface area contributed by atoms with Crippen molar-refractivity contribution in [2.75, 3.05) is 24.8 Å². The van der Waals surface area contributed by atoms with E-state index in [0.29, 0.717) is 18.5 Å². The molecule has 0 amide bonds. The fourth-order valence-corrected chi connectivity index (χ4v) is 1.55. The van der Waals surface area contributed by atoms with Gasteiger partial charge in [-0.15, -0.1) is 0 Å². The Morgan fingerprint density at radius 3 is 2.79 bits per heavy atom. The van der Waals surface area contributed by atoms with Crippen LogP contribution in [0.4, 0.5) is 11.9 Å². The molecule has 0 spiro atoms. The number of nitrogen functional groups attached to an aromatic ring is 1. The van der Waals surface area contributed by atoms with Gasteiger partial charge in [0, 0.05) is 7.11 Å². The maximum atomic E-state index is 5.66. The van der Waals surface area contributed by atoms with Gasteiger partial charge in [0.2, 0.25) is 11.9 Å². The fraction of sp³-hybridized carbons (Fsp3) is 0.500. The van der Waals surface area contributed by atoms with Crippen LogP contribution in [0.3, 0.4) is 0 Å². The molecule has 0 aliphatic heterocycles. The van der Waals surface area contributed by atoms with Gasteiger partial charge >= 0.3 is 0 Å². The van der Waals surface area contributed by atoms with Crippen molar-refractivity contribution < 1.29 is 4.74 Å². The average Bonchev–Trinajstić information content (AvgIpc) is 2.80. The van der Waals surface area contributed by atoms with Gasteiger partial charge in [-0.05, 0) is 13.8 Å². The van der Waals surface area contributed by atoms with E-state index < -0.39 is 0 Å². The Morgan fingerprint density at radius 2 is 2.16 bits per heavy atom. The predicted octanol–water partition coefficient (Wildman–Crippen LogP) is -0.129. The first-order chi connectivity index (χ1) is 9.00. The first-order valence-electron chi connectivity index (χ1n) is 5.64. The van der Waals surface area contributed by atoms with E-state index >= 15 is 0 Å². The molecule has 102 valence electrons. The molecule has 2 rings (SSSR count). The van der Waals surface area contributed by atoms with Crippen LogP contribution in [0, 0.1) is 0 Å². The lowest BCUT2D eigenvalue weighted by Gasteiger charge is -2.25. The molecule has 3 N–H and O–H groups in total. The zero-order valence-electron chi connectivity index (χ0n) is 11.0. The highest BCUT2D eigenvalue weighted by molar-refractivity contribution is 5.36. The van der Waals surface area contributed by atoms with E-state index in [1.807, 2.05) is 13.8 Å². The lowest BCUT2D eigenvalue weighted by Crippen LogP contribution is -2.36. The Kier molecular flexibility index (Phi) is 3.56. The van der Waals surface area contributed by atoms with Gasteiger partial charge in [0.1, 0.15) is 12.7 Å². The highest BCUT2D eigenvalue weighted by Crippen LogP contribution is 2.13. The van der Waals surface area contributed by atoms with Crippen molar-refractivity contribution in [3.63, 3.8) is 0 Å². The molecular weight excluding hydrogens is 248 g/mol. The van der Waals surface area contributed by atoms with Gasteiger partial charge in [0.25, 0.3) is 5.95 Å². The van der Waals surface area contributed by atoms with Crippen LogP contribution in [0.5, 0.6) is 0 Å². The molecule has 9 nitrogen and oxygen atoms in total. The molecule has 0 saturated heterocycles. The molecule has 0 aliphatic carbocycles. The second kappa shape index (κ2) is 5.14. The summed E-state index contributed by atoms with van der Waals surface area (Å²) in [5.41, 5.74) is 5.33. The number of methoxy groups -OCH3 is 1. The molecule has 2 aromatic rings. The van der Waals surface area contributed by atoms with Crippen molar-refractivity contribution in [3.05, 3.63) is 12.7 Å². The molecule has 0 radical (unpaired) electrons. The van der Waals surface area contributed by atoms with Gasteiger partial charge in [-0.2, -0.15) is 24.7 Å². The molecule has 0 bridgehead atoms. The number of hydrogen-bond acceptors (Lipinski definition) is 8. The maximum Gasteiger partial charge on any atom is 0.258 e. The molecule has 19 heavy (non-hydrogen) atoms. The SMILES string of the molecule is COCC(C)(C)Nc1nc(N)nc(-n2cncn2)n1. The van der Waals surface area contributed by atoms with Crippen LogP contribution in [0.1, 0.15) is 13.8 Å². The van der Waals surface area contributed by atoms with Crippen molar-refractivity contribution in [1.29, 1.82) is 0 Å².